The summed E-state index contributed by atoms with van der Waals surface area (Å²) in [4.78, 5) is 2.53. The van der Waals surface area contributed by atoms with Crippen LogP contribution in [0.1, 0.15) is 0 Å². The molecule has 0 saturated carbocycles. The summed E-state index contributed by atoms with van der Waals surface area (Å²) in [6.07, 6.45) is 0. The van der Waals surface area contributed by atoms with Crippen LogP contribution in [-0.2, 0) is 0 Å². The van der Waals surface area contributed by atoms with Gasteiger partial charge in [-0.25, -0.2) is 0 Å². The number of anilines is 3. The Balaban J connectivity index is 2.06. The molecule has 1 aliphatic heterocycles. The molecule has 2 aromatic carbocycles. The van der Waals surface area contributed by atoms with Crippen LogP contribution in [0.5, 0.6) is 0 Å². The molecule has 2 heterocycles. The molecule has 0 radical (unpaired) electrons. The zero-order chi connectivity index (χ0) is 14.4. The number of hydrogen-bond acceptors (Lipinski definition) is 1. The van der Waals surface area contributed by atoms with E-state index in [0.717, 1.165) is 0 Å². The first-order valence-corrected chi connectivity index (χ1v) is 16.0. The molecule has 0 atom stereocenters. The van der Waals surface area contributed by atoms with Gasteiger partial charge in [0.25, 0.3) is 0 Å². The van der Waals surface area contributed by atoms with Crippen molar-refractivity contribution in [2.45, 2.75) is 11.5 Å². The summed E-state index contributed by atoms with van der Waals surface area (Å²) in [5, 5.41) is 0. The summed E-state index contributed by atoms with van der Waals surface area (Å²) in [5.74, 6) is 5.04. The maximum atomic E-state index is 2.53. The van der Waals surface area contributed by atoms with Gasteiger partial charge in [-0.2, -0.15) is 0 Å². The van der Waals surface area contributed by atoms with Crippen LogP contribution < -0.4 is 13.7 Å². The molecule has 1 aliphatic rings. The monoisotopic (exact) mass is 451 g/mol. The van der Waals surface area contributed by atoms with Gasteiger partial charge >= 0.3 is 139 Å². The molecule has 21 heavy (non-hydrogen) atoms. The van der Waals surface area contributed by atoms with Gasteiger partial charge in [-0.15, -0.1) is 0 Å². The van der Waals surface area contributed by atoms with E-state index in [2.05, 4.69) is 81.2 Å². The molecule has 0 aliphatic carbocycles. The van der Waals surface area contributed by atoms with Crippen LogP contribution in [0.15, 0.2) is 64.7 Å². The topological polar surface area (TPSA) is 3.24 Å². The van der Waals surface area contributed by atoms with Crippen molar-refractivity contribution >= 4 is 57.6 Å². The van der Waals surface area contributed by atoms with Gasteiger partial charge < -0.3 is 0 Å². The second-order valence-electron chi connectivity index (χ2n) is 5.95. The Bertz CT molecular complexity index is 743. The predicted octanol–water partition coefficient (Wildman–Crippen LogP) is 3.35. The van der Waals surface area contributed by atoms with E-state index in [9.17, 15) is 0 Å². The molecule has 1 aromatic heterocycles. The van der Waals surface area contributed by atoms with Gasteiger partial charge in [-0.3, -0.25) is 0 Å². The van der Waals surface area contributed by atoms with Crippen molar-refractivity contribution < 1.29 is 0 Å². The number of para-hydroxylation sites is 2. The van der Waals surface area contributed by atoms with Crippen molar-refractivity contribution in [3.8, 4) is 0 Å². The third-order valence-corrected chi connectivity index (χ3v) is 14.2. The summed E-state index contributed by atoms with van der Waals surface area (Å²) in [7, 11) is 0. The molecule has 0 saturated heterocycles. The van der Waals surface area contributed by atoms with E-state index < -0.39 is 13.3 Å². The third kappa shape index (κ3) is 2.04. The first-order chi connectivity index (χ1) is 10.2. The Morgan fingerprint density at radius 2 is 1.33 bits per heavy atom. The Morgan fingerprint density at radius 3 is 1.86 bits per heavy atom. The molecule has 3 aromatic rings. The fourth-order valence-electron chi connectivity index (χ4n) is 3.30. The Morgan fingerprint density at radius 1 is 0.762 bits per heavy atom. The van der Waals surface area contributed by atoms with Gasteiger partial charge in [0.1, 0.15) is 0 Å². The van der Waals surface area contributed by atoms with Crippen LogP contribution in [-0.4, -0.2) is 33.7 Å². The van der Waals surface area contributed by atoms with E-state index in [1.807, 2.05) is 0 Å². The molecule has 0 N–H and O–H groups in total. The summed E-state index contributed by atoms with van der Waals surface area (Å²) in [6.45, 7) is 0. The average Bonchev–Trinajstić information content (AvgIpc) is 3.02. The Hall–Kier alpha value is -0.948. The van der Waals surface area contributed by atoms with E-state index in [1.165, 1.54) is 15.1 Å². The van der Waals surface area contributed by atoms with Gasteiger partial charge in [-0.05, 0) is 0 Å². The normalized spacial score (nSPS) is 15.4. The molecule has 0 bridgehead atoms. The molecule has 3 heteroatoms. The van der Waals surface area contributed by atoms with Crippen LogP contribution >= 0.6 is 0 Å². The molecular weight excluding hydrogens is 430 g/mol. The zero-order valence-electron chi connectivity index (χ0n) is 12.2. The predicted molar refractivity (Wildman–Crippen MR) is 94.8 cm³/mol. The minimum atomic E-state index is -2.18. The fraction of sp³-hybridized carbons (Fsp3) is 0.111. The standard InChI is InChI=1S/C18H17GeNTe/c1-19(2)14-8-3-5-10-16(14)20(18-12-7-13-21-18)17-11-6-4-9-15(17)19/h3-13H,1-2H3. The SMILES string of the molecule is [CH3][Ge]1([CH3])[c]2ccccc2N(c2ccc[te]2)c2cccc[c]21. The molecule has 104 valence electrons. The maximum absolute atomic E-state index is 2.53. The third-order valence-electron chi connectivity index (χ3n) is 4.36. The quantitative estimate of drug-likeness (QED) is 0.517. The van der Waals surface area contributed by atoms with E-state index in [0.29, 0.717) is 0 Å². The van der Waals surface area contributed by atoms with Crippen molar-refractivity contribution in [1.29, 1.82) is 0 Å². The van der Waals surface area contributed by atoms with Gasteiger partial charge in [0.05, 0.1) is 0 Å². The second-order valence-corrected chi connectivity index (χ2v) is 17.7. The first kappa shape index (κ1) is 13.7. The van der Waals surface area contributed by atoms with Gasteiger partial charge in [0.15, 0.2) is 0 Å². The molecule has 0 amide bonds. The Kier molecular flexibility index (Phi) is 3.30. The Labute approximate surface area is 138 Å². The van der Waals surface area contributed by atoms with Crippen LogP contribution in [0.4, 0.5) is 15.1 Å². The minimum absolute atomic E-state index is 0.192. The summed E-state index contributed by atoms with van der Waals surface area (Å²) in [5.41, 5.74) is 2.86. The van der Waals surface area contributed by atoms with E-state index in [4.69, 9.17) is 0 Å². The second kappa shape index (κ2) is 5.05. The summed E-state index contributed by atoms with van der Waals surface area (Å²) >= 11 is -2.37. The zero-order valence-corrected chi connectivity index (χ0v) is 16.6. The fourth-order valence-corrected chi connectivity index (χ4v) is 11.7. The van der Waals surface area contributed by atoms with Crippen molar-refractivity contribution in [3.63, 3.8) is 0 Å². The van der Waals surface area contributed by atoms with Crippen molar-refractivity contribution in [2.24, 2.45) is 0 Å². The van der Waals surface area contributed by atoms with Crippen LogP contribution in [0.25, 0.3) is 0 Å². The van der Waals surface area contributed by atoms with Crippen molar-refractivity contribution in [1.82, 2.24) is 0 Å². The molecule has 0 unspecified atom stereocenters. The van der Waals surface area contributed by atoms with E-state index >= 15 is 0 Å². The number of rotatable bonds is 1. The van der Waals surface area contributed by atoms with Crippen LogP contribution in [0, 0.1) is 0 Å². The van der Waals surface area contributed by atoms with E-state index in [-0.39, 0.29) is 20.4 Å². The number of hydrogen-bond donors (Lipinski definition) is 0. The number of benzene rings is 2. The van der Waals surface area contributed by atoms with Crippen molar-refractivity contribution in [2.75, 3.05) is 4.90 Å². The van der Waals surface area contributed by atoms with Crippen molar-refractivity contribution in [3.05, 3.63) is 64.7 Å². The van der Waals surface area contributed by atoms with Gasteiger partial charge in [0.2, 0.25) is 0 Å². The molecule has 4 rings (SSSR count). The number of nitrogens with zero attached hydrogens (tertiary/aromatic N) is 1. The average molecular weight is 448 g/mol. The summed E-state index contributed by atoms with van der Waals surface area (Å²) in [6, 6.07) is 22.7. The molecule has 0 fully saturated rings. The summed E-state index contributed by atoms with van der Waals surface area (Å²) < 4.78 is 7.10. The molecule has 1 nitrogen and oxygen atoms in total. The molecular formula is C18H17GeNTe. The van der Waals surface area contributed by atoms with Crippen LogP contribution in [0.2, 0.25) is 11.5 Å². The molecule has 0 spiro atoms. The van der Waals surface area contributed by atoms with Gasteiger partial charge in [0, 0.05) is 0 Å². The van der Waals surface area contributed by atoms with Gasteiger partial charge in [-0.1, -0.05) is 0 Å². The van der Waals surface area contributed by atoms with E-state index in [1.54, 1.807) is 8.79 Å². The van der Waals surface area contributed by atoms with Crippen LogP contribution in [0.3, 0.4) is 0 Å². The number of fused-ring (bicyclic) bond motifs is 2. The first-order valence-electron chi connectivity index (χ1n) is 7.22.